The highest BCUT2D eigenvalue weighted by Gasteiger charge is 2.39. The van der Waals surface area contributed by atoms with Crippen molar-refractivity contribution in [3.63, 3.8) is 0 Å². The van der Waals surface area contributed by atoms with Crippen LogP contribution in [-0.4, -0.2) is 38.8 Å². The molecule has 4 rings (SSSR count). The van der Waals surface area contributed by atoms with Crippen molar-refractivity contribution in [2.24, 2.45) is 0 Å². The number of carbonyl (C=O) groups is 1. The summed E-state index contributed by atoms with van der Waals surface area (Å²) in [5.74, 6) is 0.765. The van der Waals surface area contributed by atoms with Crippen LogP contribution in [0, 0.1) is 6.92 Å². The van der Waals surface area contributed by atoms with Gasteiger partial charge < -0.3 is 14.8 Å². The van der Waals surface area contributed by atoms with Crippen molar-refractivity contribution in [3.05, 3.63) is 53.6 Å². The van der Waals surface area contributed by atoms with E-state index in [9.17, 15) is 13.2 Å². The Morgan fingerprint density at radius 2 is 1.90 bits per heavy atom. The van der Waals surface area contributed by atoms with Gasteiger partial charge in [-0.3, -0.25) is 9.10 Å². The summed E-state index contributed by atoms with van der Waals surface area (Å²) >= 11 is 0. The third-order valence-electron chi connectivity index (χ3n) is 5.37. The van der Waals surface area contributed by atoms with Crippen molar-refractivity contribution in [1.29, 1.82) is 0 Å². The first-order valence-electron chi connectivity index (χ1n) is 9.87. The van der Waals surface area contributed by atoms with E-state index in [4.69, 9.17) is 9.47 Å². The van der Waals surface area contributed by atoms with E-state index in [-0.39, 0.29) is 18.5 Å². The first kappa shape index (κ1) is 20.5. The topological polar surface area (TPSA) is 84.9 Å². The molecule has 0 spiro atoms. The minimum absolute atomic E-state index is 0.0744. The Morgan fingerprint density at radius 3 is 2.63 bits per heavy atom. The van der Waals surface area contributed by atoms with Crippen LogP contribution in [0.2, 0.25) is 0 Å². The molecule has 0 bridgehead atoms. The third-order valence-corrected chi connectivity index (χ3v) is 6.51. The Labute approximate surface area is 177 Å². The quantitative estimate of drug-likeness (QED) is 0.809. The lowest BCUT2D eigenvalue weighted by Crippen LogP contribution is -2.52. The number of ether oxygens (including phenoxy) is 2. The van der Waals surface area contributed by atoms with Gasteiger partial charge in [0.1, 0.15) is 17.1 Å². The summed E-state index contributed by atoms with van der Waals surface area (Å²) in [5, 5.41) is 3.07. The molecule has 0 aromatic heterocycles. The highest BCUT2D eigenvalue weighted by Crippen LogP contribution is 2.40. The predicted molar refractivity (Wildman–Crippen MR) is 114 cm³/mol. The number of para-hydroxylation sites is 2. The molecule has 0 saturated carbocycles. The zero-order valence-electron chi connectivity index (χ0n) is 17.5. The summed E-state index contributed by atoms with van der Waals surface area (Å²) in [7, 11) is -3.56. The summed E-state index contributed by atoms with van der Waals surface area (Å²) in [4.78, 5) is 13.2. The van der Waals surface area contributed by atoms with E-state index in [1.807, 2.05) is 39.0 Å². The van der Waals surface area contributed by atoms with Gasteiger partial charge in [0.15, 0.2) is 6.10 Å². The van der Waals surface area contributed by atoms with E-state index in [1.54, 1.807) is 24.3 Å². The Bertz CT molecular complexity index is 1100. The highest BCUT2D eigenvalue weighted by atomic mass is 32.2. The molecule has 0 radical (unpaired) electrons. The Balaban J connectivity index is 1.61. The van der Waals surface area contributed by atoms with Crippen LogP contribution in [0.3, 0.4) is 0 Å². The Kier molecular flexibility index (Phi) is 4.92. The van der Waals surface area contributed by atoms with Crippen LogP contribution in [0.4, 0.5) is 5.69 Å². The fourth-order valence-corrected chi connectivity index (χ4v) is 4.93. The van der Waals surface area contributed by atoms with Crippen molar-refractivity contribution in [2.75, 3.05) is 17.1 Å². The average Bonchev–Trinajstić information content (AvgIpc) is 2.66. The monoisotopic (exact) mass is 430 g/mol. The standard InChI is InChI=1S/C22H26N2O5S/c1-14-9-10-18-15(11-14)16(12-22(2,3)29-18)23-21(25)20-13-24(30(4,26)27)17-7-5-6-8-19(17)28-20/h5-11,16,20H,12-13H2,1-4H3,(H,23,25)/t16-,20-/m0/s1. The van der Waals surface area contributed by atoms with Crippen LogP contribution in [0.25, 0.3) is 0 Å². The normalized spacial score (nSPS) is 22.2. The van der Waals surface area contributed by atoms with Crippen molar-refractivity contribution in [1.82, 2.24) is 5.32 Å². The number of amides is 1. The van der Waals surface area contributed by atoms with Crippen molar-refractivity contribution in [2.45, 2.75) is 44.9 Å². The Hall–Kier alpha value is -2.74. The van der Waals surface area contributed by atoms with Crippen LogP contribution in [-0.2, 0) is 14.8 Å². The molecule has 2 aliphatic heterocycles. The van der Waals surface area contributed by atoms with Crippen LogP contribution < -0.4 is 19.1 Å². The van der Waals surface area contributed by atoms with Crippen LogP contribution >= 0.6 is 0 Å². The van der Waals surface area contributed by atoms with Crippen molar-refractivity contribution < 1.29 is 22.7 Å². The zero-order chi connectivity index (χ0) is 21.7. The molecule has 0 aliphatic carbocycles. The molecule has 2 aromatic carbocycles. The summed E-state index contributed by atoms with van der Waals surface area (Å²) in [6.45, 7) is 5.88. The maximum absolute atomic E-state index is 13.2. The number of rotatable bonds is 3. The number of nitrogens with zero attached hydrogens (tertiary/aromatic N) is 1. The lowest BCUT2D eigenvalue weighted by molar-refractivity contribution is -0.129. The molecule has 1 amide bonds. The maximum atomic E-state index is 13.2. The Morgan fingerprint density at radius 1 is 1.17 bits per heavy atom. The van der Waals surface area contributed by atoms with Gasteiger partial charge in [-0.25, -0.2) is 8.42 Å². The van der Waals surface area contributed by atoms with E-state index >= 15 is 0 Å². The number of sulfonamides is 1. The lowest BCUT2D eigenvalue weighted by atomic mass is 9.89. The zero-order valence-corrected chi connectivity index (χ0v) is 18.3. The second-order valence-corrected chi connectivity index (χ2v) is 10.4. The van der Waals surface area contributed by atoms with Crippen molar-refractivity contribution in [3.8, 4) is 11.5 Å². The van der Waals surface area contributed by atoms with Gasteiger partial charge in [0.25, 0.3) is 5.91 Å². The van der Waals surface area contributed by atoms with Gasteiger partial charge in [-0.15, -0.1) is 0 Å². The van der Waals surface area contributed by atoms with Gasteiger partial charge in [-0.05, 0) is 39.0 Å². The number of hydrogen-bond acceptors (Lipinski definition) is 5. The summed E-state index contributed by atoms with van der Waals surface area (Å²) in [6, 6.07) is 12.5. The van der Waals surface area contributed by atoms with Gasteiger partial charge in [0.2, 0.25) is 10.0 Å². The van der Waals surface area contributed by atoms with Gasteiger partial charge in [-0.1, -0.05) is 29.8 Å². The second-order valence-electron chi connectivity index (χ2n) is 8.54. The first-order valence-corrected chi connectivity index (χ1v) is 11.7. The molecule has 2 atom stereocenters. The maximum Gasteiger partial charge on any atom is 0.263 e. The minimum Gasteiger partial charge on any atom is -0.487 e. The minimum atomic E-state index is -3.56. The fraction of sp³-hybridized carbons (Fsp3) is 0.409. The predicted octanol–water partition coefficient (Wildman–Crippen LogP) is 2.94. The summed E-state index contributed by atoms with van der Waals surface area (Å²) < 4.78 is 37.8. The number of fused-ring (bicyclic) bond motifs is 2. The van der Waals surface area contributed by atoms with Gasteiger partial charge in [0, 0.05) is 12.0 Å². The second kappa shape index (κ2) is 7.19. The van der Waals surface area contributed by atoms with Crippen LogP contribution in [0.5, 0.6) is 11.5 Å². The molecule has 1 N–H and O–H groups in total. The van der Waals surface area contributed by atoms with Gasteiger partial charge in [0.05, 0.1) is 24.5 Å². The number of nitrogens with one attached hydrogen (secondary N) is 1. The number of anilines is 1. The van der Waals surface area contributed by atoms with E-state index in [2.05, 4.69) is 5.32 Å². The smallest absolute Gasteiger partial charge is 0.263 e. The van der Waals surface area contributed by atoms with Gasteiger partial charge >= 0.3 is 0 Å². The molecule has 2 aliphatic rings. The van der Waals surface area contributed by atoms with Crippen LogP contribution in [0.15, 0.2) is 42.5 Å². The van der Waals surface area contributed by atoms with E-state index in [0.29, 0.717) is 17.9 Å². The highest BCUT2D eigenvalue weighted by molar-refractivity contribution is 7.92. The van der Waals surface area contributed by atoms with Gasteiger partial charge in [-0.2, -0.15) is 0 Å². The molecule has 7 nitrogen and oxygen atoms in total. The number of carbonyl (C=O) groups excluding carboxylic acids is 1. The van der Waals surface area contributed by atoms with E-state index in [0.717, 1.165) is 23.1 Å². The largest absolute Gasteiger partial charge is 0.487 e. The molecule has 2 heterocycles. The van der Waals surface area contributed by atoms with Crippen LogP contribution in [0.1, 0.15) is 37.4 Å². The molecule has 160 valence electrons. The molecular formula is C22H26N2O5S. The lowest BCUT2D eigenvalue weighted by Gasteiger charge is -2.39. The SMILES string of the molecule is Cc1ccc2c(c1)[C@@H](NC(=O)[C@@H]1CN(S(C)(=O)=O)c3ccccc3O1)CC(C)(C)O2. The summed E-state index contributed by atoms with van der Waals surface area (Å²) in [6.07, 6.45) is 0.770. The number of hydrogen-bond donors (Lipinski definition) is 1. The van der Waals surface area contributed by atoms with E-state index < -0.39 is 21.7 Å². The number of aryl methyl sites for hydroxylation is 1. The molecule has 0 unspecified atom stereocenters. The molecule has 30 heavy (non-hydrogen) atoms. The first-order chi connectivity index (χ1) is 14.0. The third kappa shape index (κ3) is 3.96. The average molecular weight is 431 g/mol. The molecule has 2 aromatic rings. The summed E-state index contributed by atoms with van der Waals surface area (Å²) in [5.41, 5.74) is 1.98. The van der Waals surface area contributed by atoms with Crippen molar-refractivity contribution >= 4 is 21.6 Å². The molecular weight excluding hydrogens is 404 g/mol. The molecule has 0 fully saturated rings. The molecule has 8 heteroatoms. The fourth-order valence-electron chi connectivity index (χ4n) is 4.02. The number of benzene rings is 2. The van der Waals surface area contributed by atoms with E-state index in [1.165, 1.54) is 4.31 Å². The molecule has 0 saturated heterocycles.